The third-order valence-electron chi connectivity index (χ3n) is 8.97. The van der Waals surface area contributed by atoms with Gasteiger partial charge < -0.3 is 9.80 Å². The molecule has 2 aromatic rings. The van der Waals surface area contributed by atoms with E-state index in [9.17, 15) is 29.8 Å². The van der Waals surface area contributed by atoms with E-state index >= 15 is 0 Å². The Bertz CT molecular complexity index is 1210. The number of carbonyl (C=O) groups is 2. The fourth-order valence-electron chi connectivity index (χ4n) is 6.18. The van der Waals surface area contributed by atoms with Crippen LogP contribution in [0.25, 0.3) is 0 Å². The molecule has 0 N–H and O–H groups in total. The van der Waals surface area contributed by atoms with Crippen molar-refractivity contribution in [1.82, 2.24) is 9.80 Å². The van der Waals surface area contributed by atoms with Crippen LogP contribution in [0.3, 0.4) is 0 Å². The lowest BCUT2D eigenvalue weighted by molar-refractivity contribution is -0.385. The van der Waals surface area contributed by atoms with Gasteiger partial charge in [-0.15, -0.1) is 0 Å². The zero-order valence-corrected chi connectivity index (χ0v) is 22.0. The van der Waals surface area contributed by atoms with Crippen molar-refractivity contribution in [3.8, 4) is 0 Å². The van der Waals surface area contributed by atoms with E-state index in [0.29, 0.717) is 25.9 Å². The van der Waals surface area contributed by atoms with Crippen molar-refractivity contribution >= 4 is 23.2 Å². The van der Waals surface area contributed by atoms with Gasteiger partial charge in [0, 0.05) is 49.4 Å². The zero-order chi connectivity index (χ0) is 27.6. The highest BCUT2D eigenvalue weighted by Gasteiger charge is 2.61. The molecule has 4 unspecified atom stereocenters. The molecule has 0 radical (unpaired) electrons. The largest absolute Gasteiger partial charge is 0.336 e. The molecule has 0 bridgehead atoms. The van der Waals surface area contributed by atoms with Gasteiger partial charge in [0.2, 0.25) is 11.8 Å². The second-order valence-corrected chi connectivity index (χ2v) is 11.7. The molecule has 1 heterocycles. The van der Waals surface area contributed by atoms with E-state index in [4.69, 9.17) is 0 Å². The lowest BCUT2D eigenvalue weighted by Crippen LogP contribution is -2.61. The molecular formula is C28H32N4O6. The van der Waals surface area contributed by atoms with Crippen LogP contribution in [0.1, 0.15) is 63.5 Å². The van der Waals surface area contributed by atoms with Gasteiger partial charge >= 0.3 is 0 Å². The van der Waals surface area contributed by atoms with Crippen molar-refractivity contribution in [1.29, 1.82) is 0 Å². The minimum atomic E-state index is -0.556. The van der Waals surface area contributed by atoms with Gasteiger partial charge in [-0.05, 0) is 49.7 Å². The van der Waals surface area contributed by atoms with Crippen molar-refractivity contribution in [2.75, 3.05) is 13.1 Å². The van der Waals surface area contributed by atoms with E-state index in [1.54, 1.807) is 24.3 Å². The molecule has 1 aliphatic heterocycles. The Morgan fingerprint density at radius 2 is 1.03 bits per heavy atom. The molecule has 38 heavy (non-hydrogen) atoms. The van der Waals surface area contributed by atoms with Crippen molar-refractivity contribution in [2.45, 2.75) is 64.5 Å². The summed E-state index contributed by atoms with van der Waals surface area (Å²) in [6, 6.07) is 12.6. The molecule has 2 amide bonds. The Morgan fingerprint density at radius 1 is 0.711 bits per heavy atom. The fourth-order valence-corrected chi connectivity index (χ4v) is 6.18. The van der Waals surface area contributed by atoms with Gasteiger partial charge in [0.25, 0.3) is 11.4 Å². The van der Waals surface area contributed by atoms with E-state index in [0.717, 1.165) is 11.1 Å². The summed E-state index contributed by atoms with van der Waals surface area (Å²) < 4.78 is 0. The van der Waals surface area contributed by atoms with Gasteiger partial charge in [-0.3, -0.25) is 29.8 Å². The first-order valence-electron chi connectivity index (χ1n) is 13.0. The Balaban J connectivity index is 1.23. The maximum atomic E-state index is 13.7. The Hall–Kier alpha value is -3.82. The van der Waals surface area contributed by atoms with Crippen LogP contribution in [0, 0.1) is 31.1 Å². The van der Waals surface area contributed by atoms with Crippen molar-refractivity contribution in [2.24, 2.45) is 10.8 Å². The summed E-state index contributed by atoms with van der Waals surface area (Å²) in [5.41, 5.74) is 0.816. The molecule has 2 aromatic carbocycles. The summed E-state index contributed by atoms with van der Waals surface area (Å²) in [5.74, 6) is 0.166. The number of carbonyl (C=O) groups excluding carboxylic acids is 2. The average molecular weight is 521 g/mol. The van der Waals surface area contributed by atoms with Crippen LogP contribution in [-0.4, -0.2) is 56.6 Å². The summed E-state index contributed by atoms with van der Waals surface area (Å²) in [6.45, 7) is 8.76. The number of amides is 2. The minimum absolute atomic E-state index is 0.0193. The number of piperazine rings is 1. The molecule has 0 aromatic heterocycles. The Labute approximate surface area is 220 Å². The number of rotatable bonds is 6. The number of benzene rings is 2. The number of nitro benzene ring substituents is 2. The monoisotopic (exact) mass is 520 g/mol. The van der Waals surface area contributed by atoms with Crippen LogP contribution in [0.2, 0.25) is 0 Å². The average Bonchev–Trinajstić information content (AvgIpc) is 3.79. The van der Waals surface area contributed by atoms with Crippen molar-refractivity contribution < 1.29 is 19.4 Å². The van der Waals surface area contributed by atoms with Gasteiger partial charge in [-0.25, -0.2) is 0 Å². The van der Waals surface area contributed by atoms with Gasteiger partial charge in [0.15, 0.2) is 0 Å². The summed E-state index contributed by atoms with van der Waals surface area (Å²) in [7, 11) is 0. The molecule has 10 heteroatoms. The van der Waals surface area contributed by atoms with E-state index < -0.39 is 20.7 Å². The SMILES string of the molecule is C[C@H]1CN(C(=O)C2(C)CC2c2ccc([N+](=O)[O-])cc2)[C@@H](C)CN1C(=O)C1(C)CC1c1ccc([N+](=O)[O-])cc1. The van der Waals surface area contributed by atoms with Crippen LogP contribution < -0.4 is 0 Å². The van der Waals surface area contributed by atoms with Crippen LogP contribution in [0.4, 0.5) is 11.4 Å². The predicted octanol–water partition coefficient (Wildman–Crippen LogP) is 4.64. The third-order valence-corrected chi connectivity index (χ3v) is 8.97. The second-order valence-electron chi connectivity index (χ2n) is 11.7. The normalized spacial score (nSPS) is 32.0. The number of hydrogen-bond acceptors (Lipinski definition) is 6. The first kappa shape index (κ1) is 25.8. The Morgan fingerprint density at radius 3 is 1.32 bits per heavy atom. The van der Waals surface area contributed by atoms with Gasteiger partial charge in [-0.1, -0.05) is 38.1 Å². The summed E-state index contributed by atoms with van der Waals surface area (Å²) in [5, 5.41) is 21.9. The standard InChI is InChI=1S/C28H32N4O6/c1-17-15-30(26(34)28(4)14-24(28)20-7-11-22(12-8-20)32(37)38)18(2)16-29(17)25(33)27(3)13-23(27)19-5-9-21(10-6-19)31(35)36/h5-12,17-18,23-24H,13-16H2,1-4H3/t17-,18-,23?,24?,27?,28?/m0/s1. The lowest BCUT2D eigenvalue weighted by Gasteiger charge is -2.46. The highest BCUT2D eigenvalue weighted by Crippen LogP contribution is 2.61. The van der Waals surface area contributed by atoms with Crippen LogP contribution >= 0.6 is 0 Å². The molecule has 200 valence electrons. The van der Waals surface area contributed by atoms with Crippen LogP contribution in [0.5, 0.6) is 0 Å². The molecule has 10 nitrogen and oxygen atoms in total. The molecule has 6 atom stereocenters. The summed E-state index contributed by atoms with van der Waals surface area (Å²) >= 11 is 0. The van der Waals surface area contributed by atoms with E-state index in [-0.39, 0.29) is 47.1 Å². The van der Waals surface area contributed by atoms with E-state index in [1.165, 1.54) is 24.3 Å². The zero-order valence-electron chi connectivity index (χ0n) is 22.0. The molecule has 1 saturated heterocycles. The molecule has 3 aliphatic rings. The van der Waals surface area contributed by atoms with Crippen molar-refractivity contribution in [3.63, 3.8) is 0 Å². The van der Waals surface area contributed by atoms with Gasteiger partial charge in [0.05, 0.1) is 20.7 Å². The van der Waals surface area contributed by atoms with E-state index in [2.05, 4.69) is 0 Å². The fraction of sp³-hybridized carbons (Fsp3) is 0.500. The summed E-state index contributed by atoms with van der Waals surface area (Å²) in [6.07, 6.45) is 1.39. The molecule has 2 saturated carbocycles. The van der Waals surface area contributed by atoms with Gasteiger partial charge in [0.1, 0.15) is 0 Å². The first-order valence-corrected chi connectivity index (χ1v) is 13.0. The maximum Gasteiger partial charge on any atom is 0.269 e. The van der Waals surface area contributed by atoms with Crippen LogP contribution in [-0.2, 0) is 9.59 Å². The number of nitro groups is 2. The quantitative estimate of drug-likeness (QED) is 0.403. The number of hydrogen-bond donors (Lipinski definition) is 0. The molecule has 2 aliphatic carbocycles. The number of non-ortho nitro benzene ring substituents is 2. The van der Waals surface area contributed by atoms with Crippen molar-refractivity contribution in [3.05, 3.63) is 79.9 Å². The second kappa shape index (κ2) is 8.89. The first-order chi connectivity index (χ1) is 17.9. The third kappa shape index (κ3) is 4.21. The Kier molecular flexibility index (Phi) is 6.04. The van der Waals surface area contributed by atoms with Gasteiger partial charge in [-0.2, -0.15) is 0 Å². The molecule has 3 fully saturated rings. The molecule has 0 spiro atoms. The minimum Gasteiger partial charge on any atom is -0.336 e. The summed E-state index contributed by atoms with van der Waals surface area (Å²) in [4.78, 5) is 52.2. The molecular weight excluding hydrogens is 488 g/mol. The smallest absolute Gasteiger partial charge is 0.269 e. The maximum absolute atomic E-state index is 13.7. The number of nitrogens with zero attached hydrogens (tertiary/aromatic N) is 4. The highest BCUT2D eigenvalue weighted by atomic mass is 16.6. The lowest BCUT2D eigenvalue weighted by atomic mass is 9.95. The highest BCUT2D eigenvalue weighted by molar-refractivity contribution is 5.89. The molecule has 5 rings (SSSR count). The topological polar surface area (TPSA) is 127 Å². The predicted molar refractivity (Wildman–Crippen MR) is 139 cm³/mol. The van der Waals surface area contributed by atoms with E-state index in [1.807, 2.05) is 37.5 Å². The van der Waals surface area contributed by atoms with Crippen LogP contribution in [0.15, 0.2) is 48.5 Å².